The van der Waals surface area contributed by atoms with Crippen molar-refractivity contribution in [2.75, 3.05) is 5.75 Å². The first-order valence-electron chi connectivity index (χ1n) is 6.72. The summed E-state index contributed by atoms with van der Waals surface area (Å²) in [7, 11) is 0. The van der Waals surface area contributed by atoms with Gasteiger partial charge in [0, 0.05) is 0 Å². The molecule has 0 saturated heterocycles. The lowest BCUT2D eigenvalue weighted by molar-refractivity contribution is -0.159. The van der Waals surface area contributed by atoms with Gasteiger partial charge in [-0.1, -0.05) is 37.3 Å². The second kappa shape index (κ2) is 6.99. The molecule has 2 atom stereocenters. The Kier molecular flexibility index (Phi) is 5.92. The van der Waals surface area contributed by atoms with E-state index in [1.54, 1.807) is 0 Å². The summed E-state index contributed by atoms with van der Waals surface area (Å²) >= 11 is 4.40. The first-order chi connectivity index (χ1) is 8.83. The molecule has 0 saturated carbocycles. The molecule has 2 unspecified atom stereocenters. The molecule has 0 aliphatic rings. The van der Waals surface area contributed by atoms with Gasteiger partial charge in [0.25, 0.3) is 0 Å². The summed E-state index contributed by atoms with van der Waals surface area (Å²) in [6.07, 6.45) is 0.766. The van der Waals surface area contributed by atoms with Crippen molar-refractivity contribution in [3.05, 3.63) is 35.9 Å². The highest BCUT2D eigenvalue weighted by Gasteiger charge is 2.24. The topological polar surface area (TPSA) is 26.3 Å². The lowest BCUT2D eigenvalue weighted by Crippen LogP contribution is -2.28. The van der Waals surface area contributed by atoms with Crippen molar-refractivity contribution in [3.63, 3.8) is 0 Å². The molecule has 0 fully saturated rings. The number of carbonyl (C=O) groups is 1. The molecule has 0 N–H and O–H groups in total. The lowest BCUT2D eigenvalue weighted by atomic mass is 9.91. The first kappa shape index (κ1) is 16.1. The SMILES string of the molecule is CC(CC(CS)c1ccccc1)C(=O)OC(C)(C)C. The van der Waals surface area contributed by atoms with E-state index in [1.165, 1.54) is 5.56 Å². The van der Waals surface area contributed by atoms with E-state index in [1.807, 2.05) is 45.9 Å². The van der Waals surface area contributed by atoms with E-state index < -0.39 is 5.60 Å². The molecule has 1 aromatic rings. The fourth-order valence-electron chi connectivity index (χ4n) is 1.97. The number of hydrogen-bond acceptors (Lipinski definition) is 3. The van der Waals surface area contributed by atoms with Crippen LogP contribution in [0.5, 0.6) is 0 Å². The standard InChI is InChI=1S/C16H24O2S/c1-12(15(17)18-16(2,3)4)10-14(11-19)13-8-6-5-7-9-13/h5-9,12,14,19H,10-11H2,1-4H3. The van der Waals surface area contributed by atoms with Gasteiger partial charge in [-0.15, -0.1) is 0 Å². The molecule has 106 valence electrons. The van der Waals surface area contributed by atoms with Crippen molar-refractivity contribution in [3.8, 4) is 0 Å². The van der Waals surface area contributed by atoms with Crippen LogP contribution in [-0.2, 0) is 9.53 Å². The minimum atomic E-state index is -0.422. The maximum atomic E-state index is 12.0. The van der Waals surface area contributed by atoms with Crippen molar-refractivity contribution >= 4 is 18.6 Å². The minimum Gasteiger partial charge on any atom is -0.460 e. The summed E-state index contributed by atoms with van der Waals surface area (Å²) in [4.78, 5) is 12.0. The van der Waals surface area contributed by atoms with Crippen molar-refractivity contribution in [1.82, 2.24) is 0 Å². The van der Waals surface area contributed by atoms with Crippen LogP contribution in [0, 0.1) is 5.92 Å². The normalized spacial score (nSPS) is 14.8. The molecule has 0 radical (unpaired) electrons. The third-order valence-corrected chi connectivity index (χ3v) is 3.38. The van der Waals surface area contributed by atoms with E-state index in [0.717, 1.165) is 12.2 Å². The van der Waals surface area contributed by atoms with E-state index in [9.17, 15) is 4.79 Å². The molecule has 0 bridgehead atoms. The van der Waals surface area contributed by atoms with E-state index in [0.29, 0.717) is 0 Å². The number of thiol groups is 1. The number of carbonyl (C=O) groups excluding carboxylic acids is 1. The van der Waals surface area contributed by atoms with Crippen LogP contribution in [0.4, 0.5) is 0 Å². The number of ether oxygens (including phenoxy) is 1. The Morgan fingerprint density at radius 3 is 2.32 bits per heavy atom. The average molecular weight is 280 g/mol. The molecule has 19 heavy (non-hydrogen) atoms. The predicted molar refractivity (Wildman–Crippen MR) is 82.7 cm³/mol. The van der Waals surface area contributed by atoms with Gasteiger partial charge in [-0.3, -0.25) is 4.79 Å². The molecule has 0 spiro atoms. The van der Waals surface area contributed by atoms with E-state index in [4.69, 9.17) is 4.74 Å². The number of benzene rings is 1. The molecule has 0 aliphatic heterocycles. The largest absolute Gasteiger partial charge is 0.460 e. The summed E-state index contributed by atoms with van der Waals surface area (Å²) in [5.41, 5.74) is 0.807. The third kappa shape index (κ3) is 5.68. The summed E-state index contributed by atoms with van der Waals surface area (Å²) in [5.74, 6) is 0.774. The Bertz CT molecular complexity index is 395. The zero-order chi connectivity index (χ0) is 14.5. The predicted octanol–water partition coefficient (Wildman–Crippen LogP) is 4.07. The first-order valence-corrected chi connectivity index (χ1v) is 7.35. The molecule has 1 rings (SSSR count). The maximum Gasteiger partial charge on any atom is 0.309 e. The number of esters is 1. The Morgan fingerprint density at radius 1 is 1.26 bits per heavy atom. The van der Waals surface area contributed by atoms with Gasteiger partial charge in [0.05, 0.1) is 5.92 Å². The monoisotopic (exact) mass is 280 g/mol. The summed E-state index contributed by atoms with van der Waals surface area (Å²) in [6.45, 7) is 7.61. The van der Waals surface area contributed by atoms with Crippen LogP contribution in [0.2, 0.25) is 0 Å². The molecule has 0 heterocycles. The maximum absolute atomic E-state index is 12.0. The van der Waals surface area contributed by atoms with Gasteiger partial charge in [0.15, 0.2) is 0 Å². The van der Waals surface area contributed by atoms with Crippen LogP contribution >= 0.6 is 12.6 Å². The van der Waals surface area contributed by atoms with Crippen LogP contribution in [0.3, 0.4) is 0 Å². The Balaban J connectivity index is 2.64. The number of rotatable bonds is 5. The smallest absolute Gasteiger partial charge is 0.309 e. The minimum absolute atomic E-state index is 0.114. The molecular formula is C16H24O2S. The molecule has 1 aromatic carbocycles. The molecule has 0 aliphatic carbocycles. The fourth-order valence-corrected chi connectivity index (χ4v) is 2.33. The summed E-state index contributed by atoms with van der Waals surface area (Å²) in [5, 5.41) is 0. The van der Waals surface area contributed by atoms with Crippen molar-refractivity contribution < 1.29 is 9.53 Å². The summed E-state index contributed by atoms with van der Waals surface area (Å²) in [6, 6.07) is 10.2. The molecule has 0 amide bonds. The van der Waals surface area contributed by atoms with Crippen molar-refractivity contribution in [2.24, 2.45) is 5.92 Å². The van der Waals surface area contributed by atoms with E-state index in [-0.39, 0.29) is 17.8 Å². The van der Waals surface area contributed by atoms with Crippen molar-refractivity contribution in [1.29, 1.82) is 0 Å². The van der Waals surface area contributed by atoms with Crippen LogP contribution in [0.25, 0.3) is 0 Å². The van der Waals surface area contributed by atoms with Gasteiger partial charge < -0.3 is 4.74 Å². The van der Waals surface area contributed by atoms with Gasteiger partial charge >= 0.3 is 5.97 Å². The summed E-state index contributed by atoms with van der Waals surface area (Å²) < 4.78 is 5.42. The Labute approximate surface area is 122 Å². The average Bonchev–Trinajstić information content (AvgIpc) is 2.34. The van der Waals surface area contributed by atoms with Crippen LogP contribution in [-0.4, -0.2) is 17.3 Å². The second-order valence-corrected chi connectivity index (χ2v) is 6.33. The highest BCUT2D eigenvalue weighted by Crippen LogP contribution is 2.26. The Morgan fingerprint density at radius 2 is 1.84 bits per heavy atom. The Hall–Kier alpha value is -0.960. The molecule has 2 nitrogen and oxygen atoms in total. The van der Waals surface area contributed by atoms with E-state index >= 15 is 0 Å². The van der Waals surface area contributed by atoms with E-state index in [2.05, 4.69) is 24.8 Å². The highest BCUT2D eigenvalue weighted by molar-refractivity contribution is 7.80. The van der Waals surface area contributed by atoms with Gasteiger partial charge in [0.1, 0.15) is 5.60 Å². The number of hydrogen-bond donors (Lipinski definition) is 1. The van der Waals surface area contributed by atoms with Crippen molar-refractivity contribution in [2.45, 2.75) is 45.6 Å². The third-order valence-electron chi connectivity index (χ3n) is 2.94. The van der Waals surface area contributed by atoms with Crippen LogP contribution < -0.4 is 0 Å². The molecule has 0 aromatic heterocycles. The fraction of sp³-hybridized carbons (Fsp3) is 0.562. The van der Waals surface area contributed by atoms with Crippen LogP contribution in [0.1, 0.15) is 45.6 Å². The zero-order valence-electron chi connectivity index (χ0n) is 12.2. The second-order valence-electron chi connectivity index (χ2n) is 5.96. The quantitative estimate of drug-likeness (QED) is 0.650. The highest BCUT2D eigenvalue weighted by atomic mass is 32.1. The zero-order valence-corrected chi connectivity index (χ0v) is 13.1. The van der Waals surface area contributed by atoms with Gasteiger partial charge in [0.2, 0.25) is 0 Å². The molecule has 3 heteroatoms. The molecular weight excluding hydrogens is 256 g/mol. The van der Waals surface area contributed by atoms with Gasteiger partial charge in [-0.05, 0) is 44.4 Å². The van der Waals surface area contributed by atoms with Crippen LogP contribution in [0.15, 0.2) is 30.3 Å². The van der Waals surface area contributed by atoms with Gasteiger partial charge in [-0.25, -0.2) is 0 Å². The lowest BCUT2D eigenvalue weighted by Gasteiger charge is -2.24. The van der Waals surface area contributed by atoms with Gasteiger partial charge in [-0.2, -0.15) is 12.6 Å².